The van der Waals surface area contributed by atoms with Crippen LogP contribution in [0.2, 0.25) is 0 Å². The first-order chi connectivity index (χ1) is 8.42. The molecule has 0 aromatic heterocycles. The molecule has 17 heavy (non-hydrogen) atoms. The van der Waals surface area contributed by atoms with Gasteiger partial charge in [0.05, 0.1) is 6.10 Å². The van der Waals surface area contributed by atoms with Gasteiger partial charge >= 0.3 is 0 Å². The summed E-state index contributed by atoms with van der Waals surface area (Å²) in [4.78, 5) is 0. The summed E-state index contributed by atoms with van der Waals surface area (Å²) in [6, 6.07) is 0.837. The van der Waals surface area contributed by atoms with Gasteiger partial charge in [-0.15, -0.1) is 0 Å². The van der Waals surface area contributed by atoms with Crippen molar-refractivity contribution in [2.75, 3.05) is 13.2 Å². The third-order valence-electron chi connectivity index (χ3n) is 6.06. The Kier molecular flexibility index (Phi) is 2.69. The number of hydrogen-bond donors (Lipinski definition) is 1. The highest BCUT2D eigenvalue weighted by Gasteiger charge is 2.53. The minimum atomic E-state index is 0.522. The van der Waals surface area contributed by atoms with E-state index in [1.54, 1.807) is 12.8 Å². The molecule has 1 heterocycles. The van der Waals surface area contributed by atoms with Gasteiger partial charge in [0.2, 0.25) is 0 Å². The number of fused-ring (bicyclic) bond motifs is 5. The van der Waals surface area contributed by atoms with Gasteiger partial charge in [-0.05, 0) is 62.2 Å². The van der Waals surface area contributed by atoms with Crippen molar-refractivity contribution in [3.63, 3.8) is 0 Å². The van der Waals surface area contributed by atoms with Gasteiger partial charge in [-0.2, -0.15) is 0 Å². The molecule has 1 aliphatic heterocycles. The van der Waals surface area contributed by atoms with Gasteiger partial charge in [0.25, 0.3) is 0 Å². The molecule has 2 bridgehead atoms. The van der Waals surface area contributed by atoms with Gasteiger partial charge < -0.3 is 10.1 Å². The summed E-state index contributed by atoms with van der Waals surface area (Å²) in [6.45, 7) is 2.11. The molecule has 4 rings (SSSR count). The lowest BCUT2D eigenvalue weighted by atomic mass is 9.79. The Bertz CT molecular complexity index is 287. The van der Waals surface area contributed by atoms with E-state index in [0.29, 0.717) is 6.10 Å². The first kappa shape index (κ1) is 10.8. The fraction of sp³-hybridized carbons (Fsp3) is 1.00. The fourth-order valence-electron chi connectivity index (χ4n) is 5.39. The third-order valence-corrected chi connectivity index (χ3v) is 6.06. The highest BCUT2D eigenvalue weighted by Crippen LogP contribution is 2.58. The summed E-state index contributed by atoms with van der Waals surface area (Å²) in [5.74, 6) is 4.32. The molecule has 0 spiro atoms. The Morgan fingerprint density at radius 3 is 2.76 bits per heavy atom. The average Bonchev–Trinajstić information content (AvgIpc) is 3.08. The molecule has 4 aliphatic rings. The molecule has 1 saturated heterocycles. The molecule has 2 nitrogen and oxygen atoms in total. The molecule has 3 saturated carbocycles. The van der Waals surface area contributed by atoms with Crippen LogP contribution in [0.5, 0.6) is 0 Å². The van der Waals surface area contributed by atoms with Crippen molar-refractivity contribution in [2.45, 2.75) is 57.1 Å². The molecule has 6 unspecified atom stereocenters. The predicted octanol–water partition coefficient (Wildman–Crippen LogP) is 2.58. The van der Waals surface area contributed by atoms with Crippen molar-refractivity contribution < 1.29 is 4.74 Å². The van der Waals surface area contributed by atoms with Crippen molar-refractivity contribution in [1.82, 2.24) is 5.32 Å². The minimum Gasteiger partial charge on any atom is -0.377 e. The molecule has 1 N–H and O–H groups in total. The van der Waals surface area contributed by atoms with E-state index < -0.39 is 0 Å². The maximum absolute atomic E-state index is 5.72. The van der Waals surface area contributed by atoms with E-state index >= 15 is 0 Å². The Morgan fingerprint density at radius 2 is 1.88 bits per heavy atom. The molecule has 0 aromatic carbocycles. The van der Waals surface area contributed by atoms with Crippen LogP contribution in [0.3, 0.4) is 0 Å². The molecule has 4 fully saturated rings. The minimum absolute atomic E-state index is 0.522. The highest BCUT2D eigenvalue weighted by molar-refractivity contribution is 5.05. The lowest BCUT2D eigenvalue weighted by molar-refractivity contribution is 0.100. The zero-order chi connectivity index (χ0) is 11.2. The molecule has 0 amide bonds. The monoisotopic (exact) mass is 235 g/mol. The SMILES string of the molecule is C1COC(CNC2CC3CC2C2CCCC32)C1. The second-order valence-electron chi connectivity index (χ2n) is 6.80. The Morgan fingerprint density at radius 1 is 0.941 bits per heavy atom. The lowest BCUT2D eigenvalue weighted by Gasteiger charge is -2.32. The third kappa shape index (κ3) is 1.76. The molecule has 2 heteroatoms. The van der Waals surface area contributed by atoms with E-state index in [0.717, 1.165) is 42.9 Å². The van der Waals surface area contributed by atoms with Gasteiger partial charge in [-0.25, -0.2) is 0 Å². The quantitative estimate of drug-likeness (QED) is 0.812. The standard InChI is InChI=1S/C15H25NO/c1-4-12-10-7-14(13(12)5-1)15(8-10)16-9-11-3-2-6-17-11/h10-16H,1-9H2. The molecule has 3 aliphatic carbocycles. The number of ether oxygens (including phenoxy) is 1. The summed E-state index contributed by atoms with van der Waals surface area (Å²) in [7, 11) is 0. The molecule has 0 radical (unpaired) electrons. The Labute approximate surface area is 104 Å². The van der Waals surface area contributed by atoms with Gasteiger partial charge in [0.15, 0.2) is 0 Å². The van der Waals surface area contributed by atoms with Crippen LogP contribution in [0.15, 0.2) is 0 Å². The largest absolute Gasteiger partial charge is 0.377 e. The Balaban J connectivity index is 1.34. The zero-order valence-electron chi connectivity index (χ0n) is 10.7. The number of nitrogens with one attached hydrogen (secondary N) is 1. The van der Waals surface area contributed by atoms with Crippen LogP contribution in [0.25, 0.3) is 0 Å². The van der Waals surface area contributed by atoms with Crippen LogP contribution in [-0.4, -0.2) is 25.3 Å². The zero-order valence-corrected chi connectivity index (χ0v) is 10.7. The van der Waals surface area contributed by atoms with E-state index in [2.05, 4.69) is 5.32 Å². The van der Waals surface area contributed by atoms with Crippen LogP contribution < -0.4 is 5.32 Å². The fourth-order valence-corrected chi connectivity index (χ4v) is 5.39. The van der Waals surface area contributed by atoms with Crippen molar-refractivity contribution >= 4 is 0 Å². The summed E-state index contributed by atoms with van der Waals surface area (Å²) in [6.07, 6.45) is 10.7. The average molecular weight is 235 g/mol. The molecule has 96 valence electrons. The van der Waals surface area contributed by atoms with Crippen molar-refractivity contribution in [1.29, 1.82) is 0 Å². The number of rotatable bonds is 3. The van der Waals surface area contributed by atoms with Crippen LogP contribution in [-0.2, 0) is 4.74 Å². The van der Waals surface area contributed by atoms with Crippen molar-refractivity contribution in [3.05, 3.63) is 0 Å². The molecular formula is C15H25NO. The first-order valence-electron chi connectivity index (χ1n) is 7.77. The first-order valence-corrected chi connectivity index (χ1v) is 7.77. The van der Waals surface area contributed by atoms with Crippen molar-refractivity contribution in [3.8, 4) is 0 Å². The topological polar surface area (TPSA) is 21.3 Å². The second-order valence-corrected chi connectivity index (χ2v) is 6.80. The Hall–Kier alpha value is -0.0800. The van der Waals surface area contributed by atoms with E-state index in [9.17, 15) is 0 Å². The van der Waals surface area contributed by atoms with E-state index in [1.807, 2.05) is 0 Å². The van der Waals surface area contributed by atoms with E-state index in [1.165, 1.54) is 32.1 Å². The lowest BCUT2D eigenvalue weighted by Crippen LogP contribution is -2.42. The van der Waals surface area contributed by atoms with E-state index in [-0.39, 0.29) is 0 Å². The van der Waals surface area contributed by atoms with Gasteiger partial charge in [0.1, 0.15) is 0 Å². The van der Waals surface area contributed by atoms with Crippen molar-refractivity contribution in [2.24, 2.45) is 23.7 Å². The van der Waals surface area contributed by atoms with Gasteiger partial charge in [-0.1, -0.05) is 6.42 Å². The normalized spacial score (nSPS) is 52.2. The van der Waals surface area contributed by atoms with Crippen LogP contribution in [0.4, 0.5) is 0 Å². The smallest absolute Gasteiger partial charge is 0.0700 e. The summed E-state index contributed by atoms with van der Waals surface area (Å²) < 4.78 is 5.72. The van der Waals surface area contributed by atoms with Gasteiger partial charge in [0, 0.05) is 19.2 Å². The van der Waals surface area contributed by atoms with Crippen LogP contribution in [0, 0.1) is 23.7 Å². The highest BCUT2D eigenvalue weighted by atomic mass is 16.5. The molecule has 0 aromatic rings. The summed E-state index contributed by atoms with van der Waals surface area (Å²) in [5, 5.41) is 3.84. The maximum Gasteiger partial charge on any atom is 0.0700 e. The summed E-state index contributed by atoms with van der Waals surface area (Å²) in [5.41, 5.74) is 0. The second kappa shape index (κ2) is 4.24. The van der Waals surface area contributed by atoms with E-state index in [4.69, 9.17) is 4.74 Å². The van der Waals surface area contributed by atoms with Crippen LogP contribution in [0.1, 0.15) is 44.9 Å². The summed E-state index contributed by atoms with van der Waals surface area (Å²) >= 11 is 0. The molecular weight excluding hydrogens is 210 g/mol. The van der Waals surface area contributed by atoms with Gasteiger partial charge in [-0.3, -0.25) is 0 Å². The van der Waals surface area contributed by atoms with Crippen LogP contribution >= 0.6 is 0 Å². The predicted molar refractivity (Wildman–Crippen MR) is 67.8 cm³/mol. The maximum atomic E-state index is 5.72. The number of hydrogen-bond acceptors (Lipinski definition) is 2. The molecule has 6 atom stereocenters.